The van der Waals surface area contributed by atoms with E-state index in [1.807, 2.05) is 18.6 Å². The van der Waals surface area contributed by atoms with Gasteiger partial charge in [0.2, 0.25) is 0 Å². The highest BCUT2D eigenvalue weighted by molar-refractivity contribution is 5.70. The van der Waals surface area contributed by atoms with Crippen molar-refractivity contribution < 1.29 is 0 Å². The van der Waals surface area contributed by atoms with Gasteiger partial charge in [0.15, 0.2) is 11.5 Å². The Morgan fingerprint density at radius 3 is 2.64 bits per heavy atom. The summed E-state index contributed by atoms with van der Waals surface area (Å²) >= 11 is 0. The Kier molecular flexibility index (Phi) is 4.68. The molecule has 0 atom stereocenters. The van der Waals surface area contributed by atoms with Gasteiger partial charge in [-0.15, -0.1) is 0 Å². The second-order valence-electron chi connectivity index (χ2n) is 7.17. The summed E-state index contributed by atoms with van der Waals surface area (Å²) in [5.41, 5.74) is 4.43. The molecule has 25 heavy (non-hydrogen) atoms. The number of aromatic nitrogens is 3. The van der Waals surface area contributed by atoms with Gasteiger partial charge in [-0.05, 0) is 25.8 Å². The number of anilines is 1. The van der Waals surface area contributed by atoms with E-state index in [0.717, 1.165) is 17.2 Å². The van der Waals surface area contributed by atoms with Crippen molar-refractivity contribution in [2.24, 2.45) is 0 Å². The minimum atomic E-state index is 0.512. The summed E-state index contributed by atoms with van der Waals surface area (Å²) < 4.78 is 2.15. The smallest absolute Gasteiger partial charge is 0.180 e. The molecule has 1 fully saturated rings. The maximum Gasteiger partial charge on any atom is 0.180 e. The average molecular weight is 334 g/mol. The maximum atomic E-state index is 4.74. The van der Waals surface area contributed by atoms with Crippen LogP contribution in [0.15, 0.2) is 42.9 Å². The molecule has 0 radical (unpaired) electrons. The molecule has 1 saturated carbocycles. The number of aryl methyl sites for hydroxylation is 1. The molecule has 4 nitrogen and oxygen atoms in total. The van der Waals surface area contributed by atoms with Crippen LogP contribution >= 0.6 is 0 Å². The number of benzene rings is 1. The molecular formula is C21H26N4. The average Bonchev–Trinajstić information content (AvgIpc) is 3.07. The molecule has 3 aromatic rings. The van der Waals surface area contributed by atoms with Crippen LogP contribution in [-0.4, -0.2) is 20.4 Å². The molecule has 0 saturated heterocycles. The lowest BCUT2D eigenvalue weighted by Gasteiger charge is -2.22. The van der Waals surface area contributed by atoms with Gasteiger partial charge >= 0.3 is 0 Å². The zero-order valence-corrected chi connectivity index (χ0v) is 14.9. The third-order valence-electron chi connectivity index (χ3n) is 5.19. The van der Waals surface area contributed by atoms with Crippen molar-refractivity contribution in [1.29, 1.82) is 0 Å². The van der Waals surface area contributed by atoms with Crippen molar-refractivity contribution in [2.45, 2.75) is 57.9 Å². The van der Waals surface area contributed by atoms with Crippen molar-refractivity contribution in [1.82, 2.24) is 14.4 Å². The van der Waals surface area contributed by atoms with Gasteiger partial charge in [0, 0.05) is 24.0 Å². The standard InChI is InChI=1S/C21H26N4/c1-16-8-7-9-17(14-16)19-15-23-20(21-22-12-13-25(19)21)24-18-10-5-3-2-4-6-11-18/h7-9,12-15,18H,2-6,10-11H2,1H3,(H,23,24). The minimum Gasteiger partial charge on any atom is -0.364 e. The first-order valence-electron chi connectivity index (χ1n) is 9.47. The molecule has 130 valence electrons. The van der Waals surface area contributed by atoms with Crippen LogP contribution in [0.3, 0.4) is 0 Å². The van der Waals surface area contributed by atoms with Crippen molar-refractivity contribution in [3.63, 3.8) is 0 Å². The molecule has 1 aliphatic rings. The van der Waals surface area contributed by atoms with Gasteiger partial charge in [-0.25, -0.2) is 9.97 Å². The quantitative estimate of drug-likeness (QED) is 0.713. The fourth-order valence-electron chi connectivity index (χ4n) is 3.83. The summed E-state index contributed by atoms with van der Waals surface area (Å²) in [4.78, 5) is 9.31. The zero-order valence-electron chi connectivity index (χ0n) is 14.9. The Bertz CT molecular complexity index is 844. The van der Waals surface area contributed by atoms with Crippen LogP contribution in [0.25, 0.3) is 16.9 Å². The third kappa shape index (κ3) is 3.53. The number of fused-ring (bicyclic) bond motifs is 1. The molecular weight excluding hydrogens is 308 g/mol. The molecule has 1 aromatic carbocycles. The van der Waals surface area contributed by atoms with Crippen molar-refractivity contribution in [2.75, 3.05) is 5.32 Å². The van der Waals surface area contributed by atoms with Crippen LogP contribution < -0.4 is 5.32 Å². The fourth-order valence-corrected chi connectivity index (χ4v) is 3.83. The first kappa shape index (κ1) is 16.1. The van der Waals surface area contributed by atoms with E-state index < -0.39 is 0 Å². The molecule has 0 unspecified atom stereocenters. The van der Waals surface area contributed by atoms with Gasteiger partial charge in [-0.3, -0.25) is 4.40 Å². The van der Waals surface area contributed by atoms with Crippen LogP contribution in [0.5, 0.6) is 0 Å². The van der Waals surface area contributed by atoms with E-state index in [9.17, 15) is 0 Å². The summed E-state index contributed by atoms with van der Waals surface area (Å²) in [6, 6.07) is 9.04. The summed E-state index contributed by atoms with van der Waals surface area (Å²) in [7, 11) is 0. The van der Waals surface area contributed by atoms with Crippen LogP contribution in [0.2, 0.25) is 0 Å². The second-order valence-corrected chi connectivity index (χ2v) is 7.17. The van der Waals surface area contributed by atoms with Gasteiger partial charge in [-0.1, -0.05) is 55.9 Å². The van der Waals surface area contributed by atoms with E-state index in [4.69, 9.17) is 4.98 Å². The van der Waals surface area contributed by atoms with E-state index >= 15 is 0 Å². The maximum absolute atomic E-state index is 4.74. The van der Waals surface area contributed by atoms with E-state index in [2.05, 4.69) is 45.9 Å². The lowest BCUT2D eigenvalue weighted by molar-refractivity contribution is 0.471. The van der Waals surface area contributed by atoms with E-state index in [0.29, 0.717) is 6.04 Å². The summed E-state index contributed by atoms with van der Waals surface area (Å²) in [6.07, 6.45) is 15.0. The molecule has 2 heterocycles. The number of rotatable bonds is 3. The Labute approximate surface area is 149 Å². The van der Waals surface area contributed by atoms with Crippen LogP contribution in [0.4, 0.5) is 5.82 Å². The van der Waals surface area contributed by atoms with E-state index in [-0.39, 0.29) is 0 Å². The van der Waals surface area contributed by atoms with Gasteiger partial charge in [0.25, 0.3) is 0 Å². The first-order chi connectivity index (χ1) is 12.3. The highest BCUT2D eigenvalue weighted by atomic mass is 15.1. The van der Waals surface area contributed by atoms with Gasteiger partial charge < -0.3 is 5.32 Å². The number of hydrogen-bond donors (Lipinski definition) is 1. The number of nitrogens with one attached hydrogen (secondary N) is 1. The van der Waals surface area contributed by atoms with Crippen molar-refractivity contribution in [3.05, 3.63) is 48.4 Å². The van der Waals surface area contributed by atoms with Crippen LogP contribution in [0.1, 0.15) is 50.5 Å². The molecule has 0 aliphatic heterocycles. The highest BCUT2D eigenvalue weighted by Gasteiger charge is 2.15. The lowest BCUT2D eigenvalue weighted by Crippen LogP contribution is -2.21. The molecule has 1 aliphatic carbocycles. The van der Waals surface area contributed by atoms with Gasteiger partial charge in [-0.2, -0.15) is 0 Å². The highest BCUT2D eigenvalue weighted by Crippen LogP contribution is 2.26. The molecule has 0 bridgehead atoms. The molecule has 0 spiro atoms. The third-order valence-corrected chi connectivity index (χ3v) is 5.19. The Morgan fingerprint density at radius 2 is 1.84 bits per heavy atom. The molecule has 2 aromatic heterocycles. The van der Waals surface area contributed by atoms with Gasteiger partial charge in [0.05, 0.1) is 11.9 Å². The lowest BCUT2D eigenvalue weighted by atomic mass is 9.97. The summed E-state index contributed by atoms with van der Waals surface area (Å²) in [5, 5.41) is 3.67. The predicted molar refractivity (Wildman–Crippen MR) is 103 cm³/mol. The van der Waals surface area contributed by atoms with E-state index in [1.165, 1.54) is 56.1 Å². The zero-order chi connectivity index (χ0) is 17.1. The minimum absolute atomic E-state index is 0.512. The molecule has 1 N–H and O–H groups in total. The largest absolute Gasteiger partial charge is 0.364 e. The first-order valence-corrected chi connectivity index (χ1v) is 9.47. The Morgan fingerprint density at radius 1 is 1.04 bits per heavy atom. The SMILES string of the molecule is Cc1cccc(-c2cnc(NC3CCCCCCC3)c3nccn23)c1. The normalized spacial score (nSPS) is 16.5. The molecule has 4 heteroatoms. The Balaban J connectivity index is 1.65. The topological polar surface area (TPSA) is 42.2 Å². The summed E-state index contributed by atoms with van der Waals surface area (Å²) in [5.74, 6) is 0.909. The van der Waals surface area contributed by atoms with Crippen molar-refractivity contribution in [3.8, 4) is 11.3 Å². The molecule has 0 amide bonds. The monoisotopic (exact) mass is 334 g/mol. The Hall–Kier alpha value is -2.36. The van der Waals surface area contributed by atoms with Crippen LogP contribution in [-0.2, 0) is 0 Å². The predicted octanol–water partition coefficient (Wildman–Crippen LogP) is 5.23. The number of hydrogen-bond acceptors (Lipinski definition) is 3. The number of nitrogens with zero attached hydrogens (tertiary/aromatic N) is 3. The fraction of sp³-hybridized carbons (Fsp3) is 0.429. The molecule has 4 rings (SSSR count). The second kappa shape index (κ2) is 7.26. The van der Waals surface area contributed by atoms with E-state index in [1.54, 1.807) is 0 Å². The summed E-state index contributed by atoms with van der Waals surface area (Å²) in [6.45, 7) is 2.12. The van der Waals surface area contributed by atoms with Gasteiger partial charge in [0.1, 0.15) is 0 Å². The van der Waals surface area contributed by atoms with Crippen molar-refractivity contribution >= 4 is 11.5 Å². The number of imidazole rings is 1. The van der Waals surface area contributed by atoms with Crippen LogP contribution in [0, 0.1) is 6.92 Å².